The number of hydrogen-bond donors (Lipinski definition) is 2. The lowest BCUT2D eigenvalue weighted by Gasteiger charge is -2.38. The number of benzene rings is 1. The van der Waals surface area contributed by atoms with Crippen LogP contribution in [0.4, 0.5) is 13.2 Å². The Morgan fingerprint density at radius 1 is 1.10 bits per heavy atom. The minimum atomic E-state index is -4.80. The molecule has 0 spiro atoms. The van der Waals surface area contributed by atoms with Gasteiger partial charge in [0.05, 0.1) is 6.20 Å². The van der Waals surface area contributed by atoms with Gasteiger partial charge in [0.1, 0.15) is 10.8 Å². The number of alkyl halides is 3. The van der Waals surface area contributed by atoms with Crippen molar-refractivity contribution in [2.45, 2.75) is 45.6 Å². The lowest BCUT2D eigenvalue weighted by molar-refractivity contribution is -0.274. The van der Waals surface area contributed by atoms with Gasteiger partial charge in [-0.15, -0.1) is 28.5 Å². The van der Waals surface area contributed by atoms with E-state index >= 15 is 0 Å². The minimum Gasteiger partial charge on any atom is -0.406 e. The fraction of sp³-hybridized carbons (Fsp3) is 0.458. The van der Waals surface area contributed by atoms with Gasteiger partial charge in [-0.25, -0.2) is 0 Å². The molecule has 12 nitrogen and oxygen atoms in total. The second-order valence-corrected chi connectivity index (χ2v) is 10.3. The number of carbonyl (C=O) groups excluding carboxylic acids is 3. The molecule has 0 radical (unpaired) electrons. The monoisotopic (exact) mass is 580 g/mol. The first-order valence-corrected chi connectivity index (χ1v) is 13.3. The Hall–Kier alpha value is -4.08. The van der Waals surface area contributed by atoms with E-state index in [9.17, 15) is 27.6 Å². The molecule has 0 atom stereocenters. The molecule has 1 aliphatic rings. The molecule has 1 aliphatic heterocycles. The van der Waals surface area contributed by atoms with Crippen LogP contribution in [-0.2, 0) is 24.3 Å². The number of rotatable bonds is 12. The van der Waals surface area contributed by atoms with Crippen molar-refractivity contribution in [2.75, 3.05) is 19.6 Å². The van der Waals surface area contributed by atoms with Crippen LogP contribution in [0.5, 0.6) is 5.75 Å². The summed E-state index contributed by atoms with van der Waals surface area (Å²) < 4.78 is 42.6. The van der Waals surface area contributed by atoms with E-state index in [4.69, 9.17) is 0 Å². The van der Waals surface area contributed by atoms with Gasteiger partial charge in [-0.2, -0.15) is 0 Å². The van der Waals surface area contributed by atoms with Gasteiger partial charge in [-0.05, 0) is 30.5 Å². The number of likely N-dealkylation sites (tertiary alicyclic amines) is 1. The molecule has 0 aliphatic carbocycles. The van der Waals surface area contributed by atoms with Crippen LogP contribution in [0.2, 0.25) is 0 Å². The van der Waals surface area contributed by atoms with Crippen LogP contribution < -0.4 is 15.4 Å². The molecule has 0 bridgehead atoms. The summed E-state index contributed by atoms with van der Waals surface area (Å²) in [5, 5.41) is 22.3. The quantitative estimate of drug-likeness (QED) is 0.310. The zero-order valence-corrected chi connectivity index (χ0v) is 22.3. The van der Waals surface area contributed by atoms with Gasteiger partial charge in [-0.1, -0.05) is 28.7 Å². The molecular weight excluding hydrogens is 553 g/mol. The lowest BCUT2D eigenvalue weighted by atomic mass is 10.0. The summed E-state index contributed by atoms with van der Waals surface area (Å²) in [6, 6.07) is 5.33. The van der Waals surface area contributed by atoms with E-state index < -0.39 is 12.3 Å². The smallest absolute Gasteiger partial charge is 0.406 e. The average molecular weight is 581 g/mol. The van der Waals surface area contributed by atoms with Crippen molar-refractivity contribution >= 4 is 29.1 Å². The number of unbranched alkanes of at least 4 members (excludes halogenated alkanes) is 1. The highest BCUT2D eigenvalue weighted by Crippen LogP contribution is 2.23. The Labute approximate surface area is 230 Å². The standard InChI is InChI=1S/C24H27F3N8O4S/c1-15(36)34-12-17(13-34)11-29-22(38)23-32-31-20(40-23)7-2-3-8-35-14-19(30-33-35)21(37)28-10-16-5-4-6-18(9-16)39-24(25,26)27/h4-6,9,14,17H,2-3,7-8,10-13H2,1H3,(H,28,37)(H,29,38). The topological polar surface area (TPSA) is 144 Å². The summed E-state index contributed by atoms with van der Waals surface area (Å²) in [5.74, 6) is -0.872. The maximum Gasteiger partial charge on any atom is 0.573 e. The maximum atomic E-state index is 12.4. The number of ether oxygens (including phenoxy) is 1. The van der Waals surface area contributed by atoms with Crippen LogP contribution in [0, 0.1) is 5.92 Å². The van der Waals surface area contributed by atoms with Gasteiger partial charge in [0, 0.05) is 52.0 Å². The van der Waals surface area contributed by atoms with E-state index in [0.717, 1.165) is 11.4 Å². The number of aromatic nitrogens is 5. The molecule has 3 amide bonds. The number of nitrogens with one attached hydrogen (secondary N) is 2. The molecule has 4 rings (SSSR count). The Bertz CT molecular complexity index is 1340. The van der Waals surface area contributed by atoms with E-state index in [2.05, 4.69) is 35.9 Å². The molecule has 214 valence electrons. The fourth-order valence-electron chi connectivity index (χ4n) is 3.90. The first-order valence-electron chi connectivity index (χ1n) is 12.4. The zero-order valence-electron chi connectivity index (χ0n) is 21.5. The normalized spacial score (nSPS) is 13.6. The third kappa shape index (κ3) is 8.46. The van der Waals surface area contributed by atoms with Gasteiger partial charge in [0.25, 0.3) is 11.8 Å². The Morgan fingerprint density at radius 2 is 1.90 bits per heavy atom. The molecule has 40 heavy (non-hydrogen) atoms. The highest BCUT2D eigenvalue weighted by molar-refractivity contribution is 7.13. The molecule has 1 fully saturated rings. The van der Waals surface area contributed by atoms with Crippen molar-refractivity contribution in [3.8, 4) is 5.75 Å². The maximum absolute atomic E-state index is 12.4. The number of nitrogens with zero attached hydrogens (tertiary/aromatic N) is 6. The van der Waals surface area contributed by atoms with Crippen molar-refractivity contribution in [3.63, 3.8) is 0 Å². The largest absolute Gasteiger partial charge is 0.573 e. The molecule has 1 aromatic carbocycles. The summed E-state index contributed by atoms with van der Waals surface area (Å²) in [4.78, 5) is 37.6. The zero-order chi connectivity index (χ0) is 28.7. The van der Waals surface area contributed by atoms with Crippen molar-refractivity contribution in [3.05, 3.63) is 51.7 Å². The molecule has 1 saturated heterocycles. The number of aryl methyl sites for hydroxylation is 2. The van der Waals surface area contributed by atoms with Crippen LogP contribution in [0.3, 0.4) is 0 Å². The average Bonchev–Trinajstić information content (AvgIpc) is 3.53. The second kappa shape index (κ2) is 12.8. The first-order chi connectivity index (χ1) is 19.1. The SMILES string of the molecule is CC(=O)N1CC(CNC(=O)c2nnc(CCCCn3cc(C(=O)NCc4cccc(OC(F)(F)F)c4)nn3)s2)C1. The van der Waals surface area contributed by atoms with Crippen LogP contribution in [0.25, 0.3) is 0 Å². The van der Waals surface area contributed by atoms with Crippen molar-refractivity contribution < 1.29 is 32.3 Å². The van der Waals surface area contributed by atoms with E-state index in [1.807, 2.05) is 0 Å². The number of amides is 3. The van der Waals surface area contributed by atoms with Crippen molar-refractivity contribution in [1.29, 1.82) is 0 Å². The first kappa shape index (κ1) is 28.9. The number of carbonyl (C=O) groups is 3. The Balaban J connectivity index is 1.14. The molecule has 0 unspecified atom stereocenters. The predicted molar refractivity (Wildman–Crippen MR) is 135 cm³/mol. The lowest BCUT2D eigenvalue weighted by Crippen LogP contribution is -2.53. The molecule has 3 heterocycles. The van der Waals surface area contributed by atoms with Gasteiger partial charge >= 0.3 is 6.36 Å². The third-order valence-electron chi connectivity index (χ3n) is 6.00. The van der Waals surface area contributed by atoms with E-state index in [-0.39, 0.29) is 35.7 Å². The molecule has 2 aromatic heterocycles. The van der Waals surface area contributed by atoms with E-state index in [1.165, 1.54) is 47.3 Å². The fourth-order valence-corrected chi connectivity index (χ4v) is 4.70. The molecule has 2 N–H and O–H groups in total. The van der Waals surface area contributed by atoms with Gasteiger partial charge in [0.15, 0.2) is 5.69 Å². The van der Waals surface area contributed by atoms with Gasteiger partial charge in [0.2, 0.25) is 10.9 Å². The third-order valence-corrected chi connectivity index (χ3v) is 6.98. The number of hydrogen-bond acceptors (Lipinski definition) is 9. The molecule has 0 saturated carbocycles. The van der Waals surface area contributed by atoms with E-state index in [0.29, 0.717) is 49.6 Å². The minimum absolute atomic E-state index is 0.0122. The molecular formula is C24H27F3N8O4S. The summed E-state index contributed by atoms with van der Waals surface area (Å²) >= 11 is 1.23. The molecule has 3 aromatic rings. The van der Waals surface area contributed by atoms with Gasteiger partial charge < -0.3 is 20.3 Å². The van der Waals surface area contributed by atoms with E-state index in [1.54, 1.807) is 11.0 Å². The van der Waals surface area contributed by atoms with Crippen molar-refractivity contribution in [1.82, 2.24) is 40.7 Å². The van der Waals surface area contributed by atoms with Crippen LogP contribution in [0.15, 0.2) is 30.5 Å². The highest BCUT2D eigenvalue weighted by Gasteiger charge is 2.31. The Kier molecular flexibility index (Phi) is 9.29. The second-order valence-electron chi connectivity index (χ2n) is 9.20. The van der Waals surface area contributed by atoms with Crippen molar-refractivity contribution in [2.24, 2.45) is 5.92 Å². The summed E-state index contributed by atoms with van der Waals surface area (Å²) in [5.41, 5.74) is 0.512. The number of halogens is 3. The van der Waals surface area contributed by atoms with Crippen LogP contribution in [-0.4, -0.2) is 73.8 Å². The Morgan fingerprint density at radius 3 is 2.65 bits per heavy atom. The highest BCUT2D eigenvalue weighted by atomic mass is 32.1. The van der Waals surface area contributed by atoms with Gasteiger partial charge in [-0.3, -0.25) is 19.1 Å². The van der Waals surface area contributed by atoms with Crippen LogP contribution in [0.1, 0.15) is 50.6 Å². The van der Waals surface area contributed by atoms with Crippen LogP contribution >= 0.6 is 11.3 Å². The summed E-state index contributed by atoms with van der Waals surface area (Å²) in [6.07, 6.45) is -1.22. The summed E-state index contributed by atoms with van der Waals surface area (Å²) in [6.45, 7) is 3.79. The summed E-state index contributed by atoms with van der Waals surface area (Å²) in [7, 11) is 0. The molecule has 16 heteroatoms. The predicted octanol–water partition coefficient (Wildman–Crippen LogP) is 2.19.